The standard InChI is InChI=1S/C19H22FN3O2/c1-12(21)19(25)22-13(2)14-7-5-8-16(10-14)23-18(24)11-15-6-3-4-9-17(15)20/h3-10,12-13H,11,21H2,1-2H3,(H,22,25)(H,23,24)/t12-,13?/m1/s1. The first kappa shape index (κ1) is 18.6. The minimum absolute atomic E-state index is 0.0477. The summed E-state index contributed by atoms with van der Waals surface area (Å²) >= 11 is 0. The molecule has 0 saturated heterocycles. The molecule has 132 valence electrons. The van der Waals surface area contributed by atoms with Crippen LogP contribution in [0.25, 0.3) is 0 Å². The molecule has 25 heavy (non-hydrogen) atoms. The number of carbonyl (C=O) groups excluding carboxylic acids is 2. The lowest BCUT2D eigenvalue weighted by Crippen LogP contribution is -2.39. The van der Waals surface area contributed by atoms with Crippen LogP contribution in [0.1, 0.15) is 31.0 Å². The molecule has 2 atom stereocenters. The Balaban J connectivity index is 2.02. The van der Waals surface area contributed by atoms with E-state index in [0.717, 1.165) is 5.56 Å². The van der Waals surface area contributed by atoms with E-state index in [1.807, 2.05) is 13.0 Å². The number of carbonyl (C=O) groups is 2. The zero-order valence-electron chi connectivity index (χ0n) is 14.3. The molecule has 2 aromatic rings. The zero-order chi connectivity index (χ0) is 18.4. The van der Waals surface area contributed by atoms with Gasteiger partial charge in [-0.25, -0.2) is 4.39 Å². The fourth-order valence-electron chi connectivity index (χ4n) is 2.33. The molecule has 0 aliphatic heterocycles. The van der Waals surface area contributed by atoms with E-state index in [4.69, 9.17) is 5.73 Å². The lowest BCUT2D eigenvalue weighted by atomic mass is 10.1. The summed E-state index contributed by atoms with van der Waals surface area (Å²) in [7, 11) is 0. The van der Waals surface area contributed by atoms with E-state index in [2.05, 4.69) is 10.6 Å². The van der Waals surface area contributed by atoms with Crippen LogP contribution in [0.5, 0.6) is 0 Å². The molecule has 0 heterocycles. The first-order valence-corrected chi connectivity index (χ1v) is 8.06. The average molecular weight is 343 g/mol. The summed E-state index contributed by atoms with van der Waals surface area (Å²) in [5.74, 6) is -0.963. The number of nitrogens with one attached hydrogen (secondary N) is 2. The predicted molar refractivity (Wildman–Crippen MR) is 95.4 cm³/mol. The van der Waals surface area contributed by atoms with Crippen molar-refractivity contribution in [3.63, 3.8) is 0 Å². The fraction of sp³-hybridized carbons (Fsp3) is 0.263. The summed E-state index contributed by atoms with van der Waals surface area (Å²) in [5, 5.41) is 5.54. The summed E-state index contributed by atoms with van der Waals surface area (Å²) in [5.41, 5.74) is 7.30. The van der Waals surface area contributed by atoms with Crippen molar-refractivity contribution in [2.75, 3.05) is 5.32 Å². The van der Waals surface area contributed by atoms with Gasteiger partial charge in [0.2, 0.25) is 11.8 Å². The first-order valence-electron chi connectivity index (χ1n) is 8.06. The Labute approximate surface area is 146 Å². The minimum Gasteiger partial charge on any atom is -0.348 e. The number of hydrogen-bond acceptors (Lipinski definition) is 3. The molecule has 0 aliphatic carbocycles. The molecule has 5 nitrogen and oxygen atoms in total. The van der Waals surface area contributed by atoms with E-state index in [1.54, 1.807) is 43.3 Å². The van der Waals surface area contributed by atoms with Gasteiger partial charge in [0, 0.05) is 5.69 Å². The number of rotatable bonds is 6. The third-order valence-electron chi connectivity index (χ3n) is 3.75. The molecule has 0 aliphatic rings. The molecule has 2 amide bonds. The maximum Gasteiger partial charge on any atom is 0.237 e. The van der Waals surface area contributed by atoms with Crippen molar-refractivity contribution in [1.82, 2.24) is 5.32 Å². The number of hydrogen-bond donors (Lipinski definition) is 3. The van der Waals surface area contributed by atoms with Crippen LogP contribution in [0.4, 0.5) is 10.1 Å². The minimum atomic E-state index is -0.592. The highest BCUT2D eigenvalue weighted by Crippen LogP contribution is 2.18. The molecule has 0 aromatic heterocycles. The Morgan fingerprint density at radius 1 is 1.12 bits per heavy atom. The first-order chi connectivity index (χ1) is 11.9. The van der Waals surface area contributed by atoms with E-state index in [0.29, 0.717) is 11.3 Å². The summed E-state index contributed by atoms with van der Waals surface area (Å²) < 4.78 is 13.6. The van der Waals surface area contributed by atoms with Crippen molar-refractivity contribution in [2.24, 2.45) is 5.73 Å². The average Bonchev–Trinajstić information content (AvgIpc) is 2.57. The van der Waals surface area contributed by atoms with E-state index in [9.17, 15) is 14.0 Å². The van der Waals surface area contributed by atoms with E-state index in [1.165, 1.54) is 6.07 Å². The third-order valence-corrected chi connectivity index (χ3v) is 3.75. The van der Waals surface area contributed by atoms with Gasteiger partial charge in [0.05, 0.1) is 18.5 Å². The van der Waals surface area contributed by atoms with Crippen molar-refractivity contribution in [3.8, 4) is 0 Å². The highest BCUT2D eigenvalue weighted by atomic mass is 19.1. The second kappa shape index (κ2) is 8.39. The molecule has 4 N–H and O–H groups in total. The van der Waals surface area contributed by atoms with E-state index in [-0.39, 0.29) is 24.3 Å². The van der Waals surface area contributed by atoms with Crippen LogP contribution in [0.15, 0.2) is 48.5 Å². The maximum atomic E-state index is 13.6. The number of nitrogens with two attached hydrogens (primary N) is 1. The Hall–Kier alpha value is -2.73. The highest BCUT2D eigenvalue weighted by molar-refractivity contribution is 5.92. The van der Waals surface area contributed by atoms with Crippen molar-refractivity contribution >= 4 is 17.5 Å². The normalized spacial score (nSPS) is 13.0. The second-order valence-electron chi connectivity index (χ2n) is 5.96. The third kappa shape index (κ3) is 5.39. The number of halogens is 1. The second-order valence-corrected chi connectivity index (χ2v) is 5.96. The van der Waals surface area contributed by atoms with Gasteiger partial charge in [0.15, 0.2) is 0 Å². The van der Waals surface area contributed by atoms with Gasteiger partial charge in [-0.1, -0.05) is 30.3 Å². The molecular formula is C19H22FN3O2. The van der Waals surface area contributed by atoms with Crippen molar-refractivity contribution in [3.05, 3.63) is 65.5 Å². The molecule has 6 heteroatoms. The van der Waals surface area contributed by atoms with Gasteiger partial charge in [-0.3, -0.25) is 9.59 Å². The largest absolute Gasteiger partial charge is 0.348 e. The Morgan fingerprint density at radius 3 is 2.52 bits per heavy atom. The molecule has 2 aromatic carbocycles. The van der Waals surface area contributed by atoms with Gasteiger partial charge in [0.1, 0.15) is 5.82 Å². The maximum absolute atomic E-state index is 13.6. The Bertz CT molecular complexity index is 762. The van der Waals surface area contributed by atoms with Crippen LogP contribution in [0, 0.1) is 5.82 Å². The monoisotopic (exact) mass is 343 g/mol. The van der Waals surface area contributed by atoms with Crippen LogP contribution in [-0.4, -0.2) is 17.9 Å². The predicted octanol–water partition coefficient (Wildman–Crippen LogP) is 2.53. The van der Waals surface area contributed by atoms with Crippen molar-refractivity contribution in [2.45, 2.75) is 32.4 Å². The molecule has 1 unspecified atom stereocenters. The Morgan fingerprint density at radius 2 is 1.84 bits per heavy atom. The fourth-order valence-corrected chi connectivity index (χ4v) is 2.33. The summed E-state index contributed by atoms with van der Waals surface area (Å²) in [6.07, 6.45) is -0.0477. The summed E-state index contributed by atoms with van der Waals surface area (Å²) in [6.45, 7) is 3.45. The van der Waals surface area contributed by atoms with E-state index >= 15 is 0 Å². The summed E-state index contributed by atoms with van der Waals surface area (Å²) in [6, 6.07) is 12.5. The SMILES string of the molecule is CC(NC(=O)[C@@H](C)N)c1cccc(NC(=O)Cc2ccccc2F)c1. The molecule has 0 spiro atoms. The quantitative estimate of drug-likeness (QED) is 0.753. The molecule has 0 radical (unpaired) electrons. The lowest BCUT2D eigenvalue weighted by molar-refractivity contribution is -0.122. The number of amides is 2. The highest BCUT2D eigenvalue weighted by Gasteiger charge is 2.14. The molecule has 0 bridgehead atoms. The number of anilines is 1. The smallest absolute Gasteiger partial charge is 0.237 e. The van der Waals surface area contributed by atoms with Crippen molar-refractivity contribution in [1.29, 1.82) is 0 Å². The van der Waals surface area contributed by atoms with Gasteiger partial charge in [-0.05, 0) is 43.2 Å². The van der Waals surface area contributed by atoms with Gasteiger partial charge in [-0.2, -0.15) is 0 Å². The van der Waals surface area contributed by atoms with Crippen LogP contribution in [0.3, 0.4) is 0 Å². The van der Waals surface area contributed by atoms with Gasteiger partial charge in [0.25, 0.3) is 0 Å². The van der Waals surface area contributed by atoms with Crippen molar-refractivity contribution < 1.29 is 14.0 Å². The lowest BCUT2D eigenvalue weighted by Gasteiger charge is -2.17. The zero-order valence-corrected chi connectivity index (χ0v) is 14.3. The van der Waals surface area contributed by atoms with E-state index < -0.39 is 11.9 Å². The molecule has 0 saturated carbocycles. The topological polar surface area (TPSA) is 84.2 Å². The van der Waals surface area contributed by atoms with Gasteiger partial charge < -0.3 is 16.4 Å². The van der Waals surface area contributed by atoms with Crippen LogP contribution < -0.4 is 16.4 Å². The van der Waals surface area contributed by atoms with Gasteiger partial charge >= 0.3 is 0 Å². The van der Waals surface area contributed by atoms with Crippen LogP contribution in [0.2, 0.25) is 0 Å². The Kier molecular flexibility index (Phi) is 6.25. The van der Waals surface area contributed by atoms with Gasteiger partial charge in [-0.15, -0.1) is 0 Å². The van der Waals surface area contributed by atoms with Crippen LogP contribution in [-0.2, 0) is 16.0 Å². The summed E-state index contributed by atoms with van der Waals surface area (Å²) in [4.78, 5) is 23.8. The van der Waals surface area contributed by atoms with Crippen LogP contribution >= 0.6 is 0 Å². The molecule has 2 rings (SSSR count). The number of benzene rings is 2. The molecule has 0 fully saturated rings. The molecular weight excluding hydrogens is 321 g/mol.